The standard InChI is InChI=1S/C28H31N3O5S/c1-28(2)35-25-19-30(17-21-11-5-3-6-12-21)37(33,34)31(20-26(25)36-28)18-23-15-9-10-16-24(23)29-27(32)22-13-7-4-8-14-22/h3-16,25-26H,17-20H2,1-2H3,(H,29,32)/t25-,26-/m0/s1. The Morgan fingerprint density at radius 3 is 2.03 bits per heavy atom. The lowest BCUT2D eigenvalue weighted by Gasteiger charge is -2.29. The van der Waals surface area contributed by atoms with Crippen LogP contribution in [0.5, 0.6) is 0 Å². The monoisotopic (exact) mass is 521 g/mol. The highest BCUT2D eigenvalue weighted by molar-refractivity contribution is 7.86. The lowest BCUT2D eigenvalue weighted by atomic mass is 10.1. The number of nitrogens with one attached hydrogen (secondary N) is 1. The van der Waals surface area contributed by atoms with Crippen LogP contribution in [0, 0.1) is 0 Å². The molecular formula is C28H31N3O5S. The summed E-state index contributed by atoms with van der Waals surface area (Å²) in [6, 6.07) is 25.7. The third-order valence-electron chi connectivity index (χ3n) is 6.55. The van der Waals surface area contributed by atoms with Crippen molar-refractivity contribution < 1.29 is 22.7 Å². The van der Waals surface area contributed by atoms with Gasteiger partial charge in [0, 0.05) is 37.4 Å². The molecule has 2 fully saturated rings. The van der Waals surface area contributed by atoms with Gasteiger partial charge >= 0.3 is 0 Å². The number of para-hydroxylation sites is 1. The van der Waals surface area contributed by atoms with Crippen LogP contribution < -0.4 is 5.32 Å². The van der Waals surface area contributed by atoms with Crippen molar-refractivity contribution >= 4 is 21.8 Å². The maximum absolute atomic E-state index is 13.9. The van der Waals surface area contributed by atoms with E-state index in [1.54, 1.807) is 30.3 Å². The number of carbonyl (C=O) groups excluding carboxylic acids is 1. The number of amides is 1. The zero-order chi connectivity index (χ0) is 26.0. The number of benzene rings is 3. The number of anilines is 1. The first-order valence-electron chi connectivity index (χ1n) is 12.3. The van der Waals surface area contributed by atoms with Crippen LogP contribution in [0.4, 0.5) is 5.69 Å². The Labute approximate surface area is 218 Å². The summed E-state index contributed by atoms with van der Waals surface area (Å²) in [6.45, 7) is 4.31. The molecule has 1 amide bonds. The molecule has 0 aromatic heterocycles. The summed E-state index contributed by atoms with van der Waals surface area (Å²) in [5.74, 6) is -1.06. The molecule has 2 heterocycles. The van der Waals surface area contributed by atoms with Crippen molar-refractivity contribution in [1.29, 1.82) is 0 Å². The van der Waals surface area contributed by atoms with Crippen molar-refractivity contribution in [2.75, 3.05) is 18.4 Å². The van der Waals surface area contributed by atoms with E-state index in [1.807, 2.05) is 68.4 Å². The smallest absolute Gasteiger partial charge is 0.282 e. The van der Waals surface area contributed by atoms with E-state index in [-0.39, 0.29) is 32.1 Å². The first kappa shape index (κ1) is 25.6. The SMILES string of the molecule is CC1(C)O[C@H]2CN(Cc3ccccc3)S(=O)(=O)N(Cc3ccccc3NC(=O)c3ccccc3)C[C@@H]2O1. The second kappa shape index (κ2) is 10.4. The van der Waals surface area contributed by atoms with Gasteiger partial charge in [-0.05, 0) is 43.2 Å². The minimum absolute atomic E-state index is 0.0753. The average Bonchev–Trinajstić information content (AvgIpc) is 3.13. The molecular weight excluding hydrogens is 490 g/mol. The van der Waals surface area contributed by atoms with Gasteiger partial charge in [0.15, 0.2) is 5.79 Å². The van der Waals surface area contributed by atoms with Crippen LogP contribution in [0.25, 0.3) is 0 Å². The topological polar surface area (TPSA) is 88.2 Å². The van der Waals surface area contributed by atoms with E-state index < -0.39 is 28.2 Å². The zero-order valence-electron chi connectivity index (χ0n) is 20.9. The van der Waals surface area contributed by atoms with E-state index in [9.17, 15) is 13.2 Å². The minimum Gasteiger partial charge on any atom is -0.343 e. The molecule has 2 aliphatic heterocycles. The number of fused-ring (bicyclic) bond motifs is 1. The van der Waals surface area contributed by atoms with Crippen LogP contribution >= 0.6 is 0 Å². The summed E-state index contributed by atoms with van der Waals surface area (Å²) < 4.78 is 43.0. The van der Waals surface area contributed by atoms with E-state index in [4.69, 9.17) is 9.47 Å². The van der Waals surface area contributed by atoms with E-state index in [2.05, 4.69) is 5.32 Å². The van der Waals surface area contributed by atoms with E-state index in [1.165, 1.54) is 8.61 Å². The lowest BCUT2D eigenvalue weighted by molar-refractivity contribution is -0.148. The summed E-state index contributed by atoms with van der Waals surface area (Å²) in [4.78, 5) is 12.8. The van der Waals surface area contributed by atoms with Crippen molar-refractivity contribution in [2.24, 2.45) is 0 Å². The highest BCUT2D eigenvalue weighted by atomic mass is 32.2. The van der Waals surface area contributed by atoms with Crippen LogP contribution in [-0.2, 0) is 32.8 Å². The van der Waals surface area contributed by atoms with Gasteiger partial charge in [-0.25, -0.2) is 0 Å². The molecule has 0 saturated carbocycles. The summed E-state index contributed by atoms with van der Waals surface area (Å²) in [6.07, 6.45) is -0.817. The van der Waals surface area contributed by atoms with Crippen molar-refractivity contribution in [3.05, 3.63) is 102 Å². The molecule has 3 aromatic rings. The quantitative estimate of drug-likeness (QED) is 0.529. The number of rotatable bonds is 6. The Bertz CT molecular complexity index is 1350. The normalized spacial score (nSPS) is 23.2. The molecule has 3 aromatic carbocycles. The number of hydrogen-bond donors (Lipinski definition) is 1. The van der Waals surface area contributed by atoms with Crippen LogP contribution in [0.2, 0.25) is 0 Å². The van der Waals surface area contributed by atoms with Crippen molar-refractivity contribution in [1.82, 2.24) is 8.61 Å². The van der Waals surface area contributed by atoms with E-state index >= 15 is 0 Å². The van der Waals surface area contributed by atoms with Crippen LogP contribution in [0.15, 0.2) is 84.9 Å². The molecule has 8 nitrogen and oxygen atoms in total. The second-order valence-electron chi connectivity index (χ2n) is 9.77. The van der Waals surface area contributed by atoms with Crippen molar-refractivity contribution in [3.8, 4) is 0 Å². The fourth-order valence-corrected chi connectivity index (χ4v) is 6.42. The van der Waals surface area contributed by atoms with Crippen LogP contribution in [-0.4, -0.2) is 54.0 Å². The van der Waals surface area contributed by atoms with Gasteiger partial charge in [-0.3, -0.25) is 4.79 Å². The van der Waals surface area contributed by atoms with Gasteiger partial charge in [0.25, 0.3) is 16.1 Å². The largest absolute Gasteiger partial charge is 0.343 e. The molecule has 1 N–H and O–H groups in total. The summed E-state index contributed by atoms with van der Waals surface area (Å²) in [5.41, 5.74) is 2.66. The Kier molecular flexibility index (Phi) is 7.15. The molecule has 5 rings (SSSR count). The third-order valence-corrected chi connectivity index (χ3v) is 8.42. The van der Waals surface area contributed by atoms with Gasteiger partial charge in [-0.15, -0.1) is 0 Å². The van der Waals surface area contributed by atoms with Crippen LogP contribution in [0.3, 0.4) is 0 Å². The minimum atomic E-state index is -3.88. The fourth-order valence-electron chi connectivity index (χ4n) is 4.80. The van der Waals surface area contributed by atoms with Gasteiger partial charge in [0.2, 0.25) is 0 Å². The summed E-state index contributed by atoms with van der Waals surface area (Å²) >= 11 is 0. The maximum atomic E-state index is 13.9. The Morgan fingerprint density at radius 2 is 1.38 bits per heavy atom. The molecule has 37 heavy (non-hydrogen) atoms. The molecule has 0 bridgehead atoms. The van der Waals surface area contributed by atoms with Gasteiger partial charge in [-0.1, -0.05) is 66.7 Å². The van der Waals surface area contributed by atoms with Gasteiger partial charge in [0.05, 0.1) is 0 Å². The zero-order valence-corrected chi connectivity index (χ0v) is 21.7. The highest BCUT2D eigenvalue weighted by Gasteiger charge is 2.48. The molecule has 2 aliphatic rings. The third kappa shape index (κ3) is 5.76. The molecule has 0 aliphatic carbocycles. The summed E-state index contributed by atoms with van der Waals surface area (Å²) in [5, 5.41) is 2.94. The molecule has 194 valence electrons. The maximum Gasteiger partial charge on any atom is 0.282 e. The van der Waals surface area contributed by atoms with Gasteiger partial charge < -0.3 is 14.8 Å². The molecule has 2 atom stereocenters. The molecule has 0 unspecified atom stereocenters. The Hall–Kier alpha value is -3.08. The first-order valence-corrected chi connectivity index (χ1v) is 13.7. The summed E-state index contributed by atoms with van der Waals surface area (Å²) in [7, 11) is -3.88. The molecule has 0 radical (unpaired) electrons. The first-order chi connectivity index (χ1) is 17.7. The number of ether oxygens (including phenoxy) is 2. The molecule has 2 saturated heterocycles. The number of hydrogen-bond acceptors (Lipinski definition) is 5. The molecule has 9 heteroatoms. The number of carbonyl (C=O) groups is 1. The van der Waals surface area contributed by atoms with Gasteiger partial charge in [0.1, 0.15) is 12.2 Å². The Balaban J connectivity index is 1.44. The average molecular weight is 522 g/mol. The number of nitrogens with zero attached hydrogens (tertiary/aromatic N) is 2. The Morgan fingerprint density at radius 1 is 0.838 bits per heavy atom. The highest BCUT2D eigenvalue weighted by Crippen LogP contribution is 2.34. The van der Waals surface area contributed by atoms with Crippen molar-refractivity contribution in [2.45, 2.75) is 44.9 Å². The van der Waals surface area contributed by atoms with E-state index in [0.717, 1.165) is 5.56 Å². The second-order valence-corrected chi connectivity index (χ2v) is 11.7. The predicted molar refractivity (Wildman–Crippen MR) is 141 cm³/mol. The van der Waals surface area contributed by atoms with Crippen LogP contribution in [0.1, 0.15) is 35.3 Å². The van der Waals surface area contributed by atoms with Gasteiger partial charge in [-0.2, -0.15) is 17.0 Å². The lowest BCUT2D eigenvalue weighted by Crippen LogP contribution is -2.43. The van der Waals surface area contributed by atoms with Crippen molar-refractivity contribution in [3.63, 3.8) is 0 Å². The predicted octanol–water partition coefficient (Wildman–Crippen LogP) is 4.02. The van der Waals surface area contributed by atoms with E-state index in [0.29, 0.717) is 16.8 Å². The molecule has 0 spiro atoms. The fraction of sp³-hybridized carbons (Fsp3) is 0.321.